The van der Waals surface area contributed by atoms with Crippen LogP contribution in [-0.4, -0.2) is 6.88 Å². The zero-order chi connectivity index (χ0) is 21.6. The molecule has 0 atom stereocenters. The summed E-state index contributed by atoms with van der Waals surface area (Å²) in [4.78, 5) is 0. The van der Waals surface area contributed by atoms with Gasteiger partial charge >= 0.3 is 30.2 Å². The number of benzene rings is 2. The van der Waals surface area contributed by atoms with Crippen LogP contribution in [0, 0.1) is 27.0 Å². The van der Waals surface area contributed by atoms with Crippen molar-refractivity contribution in [1.29, 1.82) is 0 Å². The Balaban J connectivity index is -0.000000475. The van der Waals surface area contributed by atoms with Crippen LogP contribution >= 0.6 is 24.8 Å². The van der Waals surface area contributed by atoms with E-state index < -0.39 is 0 Å². The van der Waals surface area contributed by atoms with E-state index in [0.717, 1.165) is 12.8 Å². The second-order valence-electron chi connectivity index (χ2n) is 7.37. The van der Waals surface area contributed by atoms with Gasteiger partial charge in [0.15, 0.2) is 0 Å². The van der Waals surface area contributed by atoms with Gasteiger partial charge in [0.1, 0.15) is 0 Å². The summed E-state index contributed by atoms with van der Waals surface area (Å²) < 4.78 is 0. The Bertz CT molecular complexity index is 824. The van der Waals surface area contributed by atoms with Crippen molar-refractivity contribution in [2.75, 3.05) is 0 Å². The van der Waals surface area contributed by atoms with Crippen molar-refractivity contribution >= 4 is 42.8 Å². The van der Waals surface area contributed by atoms with Crippen LogP contribution in [0.5, 0.6) is 0 Å². The molecule has 0 saturated carbocycles. The average molecular weight is 591 g/mol. The Morgan fingerprint density at radius 2 is 0.971 bits per heavy atom. The van der Waals surface area contributed by atoms with E-state index in [4.69, 9.17) is 0 Å². The summed E-state index contributed by atoms with van der Waals surface area (Å²) in [7, 11) is 0. The summed E-state index contributed by atoms with van der Waals surface area (Å²) in [6.45, 7) is 6.40. The first-order valence-corrected chi connectivity index (χ1v) is 16.8. The van der Waals surface area contributed by atoms with Crippen LogP contribution in [-0.2, 0) is 23.3 Å². The third kappa shape index (κ3) is 12.7. The van der Waals surface area contributed by atoms with E-state index in [9.17, 15) is 0 Å². The van der Waals surface area contributed by atoms with Crippen molar-refractivity contribution in [1.82, 2.24) is 0 Å². The van der Waals surface area contributed by atoms with Crippen molar-refractivity contribution in [3.8, 4) is 0 Å². The van der Waals surface area contributed by atoms with Gasteiger partial charge in [0.2, 0.25) is 0 Å². The first-order valence-electron chi connectivity index (χ1n) is 10.9. The maximum atomic E-state index is 3.43. The summed E-state index contributed by atoms with van der Waals surface area (Å²) in [5.41, 5.74) is 8.16. The van der Waals surface area contributed by atoms with Gasteiger partial charge in [0, 0.05) is 0 Å². The van der Waals surface area contributed by atoms with Crippen LogP contribution in [0.3, 0.4) is 0 Å². The monoisotopic (exact) mass is 588 g/mol. The fourth-order valence-corrected chi connectivity index (χ4v) is 3.60. The number of halogens is 2. The second kappa shape index (κ2) is 22.5. The van der Waals surface area contributed by atoms with Crippen LogP contribution in [0.2, 0.25) is 0 Å². The molecule has 0 spiro atoms. The quantitative estimate of drug-likeness (QED) is 0.233. The van der Waals surface area contributed by atoms with Crippen LogP contribution in [0.25, 0.3) is 11.1 Å². The normalized spacial score (nSPS) is 12.6. The van der Waals surface area contributed by atoms with Gasteiger partial charge in [0.25, 0.3) is 0 Å². The van der Waals surface area contributed by atoms with Gasteiger partial charge in [-0.25, -0.2) is 0 Å². The SMILES string of the molecule is CCCC1=CC(c2ccccc2)=[C-]C1.CCCC1=CC(c2ccccc2)=[C-]C1.Cl.Cl.[CH3-].[CH3-].[SiH2]=[Zr]. The number of hydrogen-bond acceptors (Lipinski definition) is 0. The van der Waals surface area contributed by atoms with E-state index in [2.05, 4.69) is 98.8 Å². The Morgan fingerprint density at radius 1 is 0.647 bits per heavy atom. The molecular weight excluding hydrogens is 551 g/mol. The van der Waals surface area contributed by atoms with Crippen LogP contribution in [0.15, 0.2) is 84.0 Å². The van der Waals surface area contributed by atoms with Gasteiger partial charge in [-0.1, -0.05) is 75.9 Å². The van der Waals surface area contributed by atoms with E-state index in [1.807, 2.05) is 6.88 Å². The molecule has 34 heavy (non-hydrogen) atoms. The Labute approximate surface area is 239 Å². The topological polar surface area (TPSA) is 0 Å². The number of hydrogen-bond donors (Lipinski definition) is 0. The molecule has 0 saturated heterocycles. The Morgan fingerprint density at radius 3 is 1.26 bits per heavy atom. The molecule has 4 rings (SSSR count). The molecule has 0 fully saturated rings. The Kier molecular flexibility index (Phi) is 24.9. The zero-order valence-corrected chi connectivity index (χ0v) is 26.7. The van der Waals surface area contributed by atoms with Crippen LogP contribution in [0.1, 0.15) is 63.5 Å². The molecule has 0 radical (unpaired) electrons. The van der Waals surface area contributed by atoms with Gasteiger partial charge in [-0.05, 0) is 12.8 Å². The van der Waals surface area contributed by atoms with Gasteiger partial charge < -0.3 is 14.9 Å². The van der Waals surface area contributed by atoms with Crippen molar-refractivity contribution in [2.24, 2.45) is 0 Å². The molecule has 0 N–H and O–H groups in total. The first kappa shape index (κ1) is 37.6. The van der Waals surface area contributed by atoms with Gasteiger partial charge in [-0.2, -0.15) is 35.5 Å². The van der Waals surface area contributed by atoms with Crippen molar-refractivity contribution in [3.63, 3.8) is 0 Å². The molecule has 0 heterocycles. The molecule has 0 nitrogen and oxygen atoms in total. The Hall–Kier alpha value is -0.920. The van der Waals surface area contributed by atoms with E-state index in [1.165, 1.54) is 59.1 Å². The molecular formula is C30H40Cl2SiZr-4. The van der Waals surface area contributed by atoms with E-state index in [0.29, 0.717) is 0 Å². The standard InChI is InChI=1S/2C14H15.2CH3.2ClH.H2Si.Zr/c2*1-2-6-12-9-10-14(11-12)13-7-4-3-5-8-13;;;;;;/h2*3-5,7-8,11H,2,6,9H2,1H3;2*1H3;2*1H;1H2;/q4*-1;;;;. The van der Waals surface area contributed by atoms with E-state index in [1.54, 1.807) is 23.3 Å². The third-order valence-corrected chi connectivity index (χ3v) is 5.02. The summed E-state index contributed by atoms with van der Waals surface area (Å²) in [5, 5.41) is 0. The number of rotatable bonds is 6. The van der Waals surface area contributed by atoms with Crippen molar-refractivity contribution in [3.05, 3.63) is 122 Å². The third-order valence-electron chi connectivity index (χ3n) is 5.02. The molecule has 0 aromatic heterocycles. The molecule has 4 heteroatoms. The van der Waals surface area contributed by atoms with Gasteiger partial charge in [-0.3, -0.25) is 0 Å². The summed E-state index contributed by atoms with van der Waals surface area (Å²) >= 11 is 1.58. The fourth-order valence-electron chi connectivity index (χ4n) is 3.60. The molecule has 2 aromatic rings. The fraction of sp³-hybridized carbons (Fsp3) is 0.267. The van der Waals surface area contributed by atoms with E-state index >= 15 is 0 Å². The molecule has 2 aliphatic rings. The van der Waals surface area contributed by atoms with E-state index in [-0.39, 0.29) is 39.7 Å². The maximum absolute atomic E-state index is 3.43. The summed E-state index contributed by atoms with van der Waals surface area (Å²) in [6, 6.07) is 21.0. The summed E-state index contributed by atoms with van der Waals surface area (Å²) in [5.74, 6) is 0. The first-order chi connectivity index (χ1) is 14.8. The molecule has 2 aromatic carbocycles. The predicted molar refractivity (Wildman–Crippen MR) is 157 cm³/mol. The van der Waals surface area contributed by atoms with Gasteiger partial charge in [-0.15, -0.1) is 71.4 Å². The molecule has 0 aliphatic heterocycles. The predicted octanol–water partition coefficient (Wildman–Crippen LogP) is 8.83. The number of allylic oxidation sites excluding steroid dienone is 8. The van der Waals surface area contributed by atoms with Gasteiger partial charge in [0.05, 0.1) is 0 Å². The van der Waals surface area contributed by atoms with Crippen LogP contribution in [0.4, 0.5) is 0 Å². The molecule has 2 aliphatic carbocycles. The molecule has 0 bridgehead atoms. The minimum absolute atomic E-state index is 0. The molecule has 0 unspecified atom stereocenters. The molecule has 186 valence electrons. The average Bonchev–Trinajstić information content (AvgIpc) is 3.48. The molecule has 0 amide bonds. The van der Waals surface area contributed by atoms with Crippen LogP contribution < -0.4 is 0 Å². The zero-order valence-electron chi connectivity index (χ0n) is 21.2. The summed E-state index contributed by atoms with van der Waals surface area (Å²) in [6.07, 6.45) is 18.4. The van der Waals surface area contributed by atoms with Crippen molar-refractivity contribution < 1.29 is 23.3 Å². The second-order valence-corrected chi connectivity index (χ2v) is 7.37. The minimum atomic E-state index is 0. The van der Waals surface area contributed by atoms with Crippen molar-refractivity contribution in [2.45, 2.75) is 52.4 Å².